The van der Waals surface area contributed by atoms with E-state index in [0.29, 0.717) is 47.4 Å². The van der Waals surface area contributed by atoms with Crippen molar-refractivity contribution in [1.82, 2.24) is 0 Å². The first kappa shape index (κ1) is 30.8. The van der Waals surface area contributed by atoms with Crippen LogP contribution in [-0.2, 0) is 43.2 Å². The Bertz CT molecular complexity index is 1790. The van der Waals surface area contributed by atoms with Crippen molar-refractivity contribution in [2.45, 2.75) is 69.1 Å². The number of aliphatic carboxylic acids is 1. The number of hydrogen-bond acceptors (Lipinski definition) is 6. The first-order valence-electron chi connectivity index (χ1n) is 14.3. The molecule has 2 aromatic carbocycles. The smallest absolute Gasteiger partial charge is 0.303 e. The van der Waals surface area contributed by atoms with Crippen LogP contribution in [0.25, 0.3) is 0 Å². The minimum absolute atomic E-state index is 0.0917. The van der Waals surface area contributed by atoms with Crippen LogP contribution in [0.2, 0.25) is 0 Å². The van der Waals surface area contributed by atoms with Crippen LogP contribution in [-0.4, -0.2) is 53.7 Å². The highest BCUT2D eigenvalue weighted by Gasteiger charge is 2.45. The quantitative estimate of drug-likeness (QED) is 0.123. The number of hydrogen-bond donors (Lipinski definition) is 2. The summed E-state index contributed by atoms with van der Waals surface area (Å²) in [6.45, 7) is 8.70. The minimum Gasteiger partial charge on any atom is -0.778 e. The Morgan fingerprint density at radius 3 is 2.33 bits per heavy atom. The third-order valence-corrected chi connectivity index (χ3v) is 10.2. The Labute approximate surface area is 258 Å². The molecule has 2 aromatic rings. The number of carboxylic acids is 1. The van der Waals surface area contributed by atoms with Gasteiger partial charge in [0.15, 0.2) is 11.5 Å². The molecule has 0 atom stereocenters. The van der Waals surface area contributed by atoms with Gasteiger partial charge >= 0.3 is 5.97 Å². The third-order valence-electron chi connectivity index (χ3n) is 8.91. The summed E-state index contributed by atoms with van der Waals surface area (Å²) in [5.74, 6) is -0.977. The Kier molecular flexibility index (Phi) is 7.77. The van der Waals surface area contributed by atoms with E-state index < -0.39 is 21.5 Å². The fourth-order valence-corrected chi connectivity index (χ4v) is 7.28. The van der Waals surface area contributed by atoms with Crippen LogP contribution in [0.15, 0.2) is 81.3 Å². The number of fused-ring (bicyclic) bond motifs is 2. The summed E-state index contributed by atoms with van der Waals surface area (Å²) >= 11 is 5.80. The first-order chi connectivity index (χ1) is 20.1. The molecule has 0 radical (unpaired) electrons. The molecule has 1 aliphatic carbocycles. The van der Waals surface area contributed by atoms with Gasteiger partial charge in [-0.1, -0.05) is 38.5 Å². The summed E-state index contributed by atoms with van der Waals surface area (Å²) in [4.78, 5) is 26.9. The highest BCUT2D eigenvalue weighted by molar-refractivity contribution is 7.85. The summed E-state index contributed by atoms with van der Waals surface area (Å²) in [6, 6.07) is 12.7. The summed E-state index contributed by atoms with van der Waals surface area (Å²) in [6.07, 6.45) is 5.74. The topological polar surface area (TPSA) is 115 Å². The van der Waals surface area contributed by atoms with Crippen LogP contribution >= 0.6 is 0 Å². The lowest BCUT2D eigenvalue weighted by molar-refractivity contribution is -0.401. The molecule has 2 N–H and O–H groups in total. The fourth-order valence-electron chi connectivity index (χ4n) is 6.47. The van der Waals surface area contributed by atoms with Gasteiger partial charge in [0.25, 0.3) is 10.1 Å². The Morgan fingerprint density at radius 1 is 1.00 bits per heavy atom. The summed E-state index contributed by atoms with van der Waals surface area (Å²) in [5.41, 5.74) is 5.44. The molecule has 2 aliphatic heterocycles. The van der Waals surface area contributed by atoms with E-state index in [9.17, 15) is 22.6 Å². The normalized spacial score (nSPS) is 20.6. The lowest BCUT2D eigenvalue weighted by Gasteiger charge is -2.33. The number of carboxylic acid groups (broad SMARTS) is 1. The first-order valence-corrected chi connectivity index (χ1v) is 16.1. The number of allylic oxidation sites excluding steroid dienone is 5. The van der Waals surface area contributed by atoms with Crippen molar-refractivity contribution in [2.24, 2.45) is 0 Å². The standard InChI is InChI=1S/C33H36N2O6S2/c1-32(2)23-11-8-9-12-25(23)34(5)27(32)18-21-30(38)22(31(21)42)19-28-33(3,4)24-17-20(43(39,40)41)14-15-26(24)35(28)16-10-6-7-13-29(36)37/h8-9,11-12,14-15,17-19H,6-7,10,13,16H2,1-5H3,(H2-,36,37,38,39,40,41,42). The highest BCUT2D eigenvalue weighted by Crippen LogP contribution is 2.50. The van der Waals surface area contributed by atoms with Gasteiger partial charge in [-0.25, -0.2) is 0 Å². The SMILES string of the molecule is C[N+]1=C(/C=C2/C(=O)C(/C=C3/N(CCCCCC(=O)O)c4ccc(S(=O)(=O)O)cc4C3(C)C)=C2[S-])C(C)(C)c2ccccc21. The largest absolute Gasteiger partial charge is 0.778 e. The van der Waals surface area contributed by atoms with Crippen molar-refractivity contribution in [1.29, 1.82) is 0 Å². The zero-order chi connectivity index (χ0) is 31.5. The predicted octanol–water partition coefficient (Wildman–Crippen LogP) is 5.58. The van der Waals surface area contributed by atoms with E-state index in [4.69, 9.17) is 17.7 Å². The Balaban J connectivity index is 1.53. The van der Waals surface area contributed by atoms with Crippen LogP contribution in [0.4, 0.5) is 11.4 Å². The van der Waals surface area contributed by atoms with Gasteiger partial charge < -0.3 is 22.6 Å². The van der Waals surface area contributed by atoms with E-state index in [-0.39, 0.29) is 22.5 Å². The van der Waals surface area contributed by atoms with E-state index in [2.05, 4.69) is 30.6 Å². The third kappa shape index (κ3) is 5.25. The zero-order valence-electron chi connectivity index (χ0n) is 25.0. The number of Topliss-reactive ketones (excluding diaryl/α,β-unsaturated/α-hetero) is 1. The van der Waals surface area contributed by atoms with E-state index in [1.54, 1.807) is 6.07 Å². The average Bonchev–Trinajstić information content (AvgIpc) is 3.27. The summed E-state index contributed by atoms with van der Waals surface area (Å²) in [5, 5.41) is 8.99. The lowest BCUT2D eigenvalue weighted by atomic mass is 9.78. The molecule has 0 amide bonds. The molecule has 43 heavy (non-hydrogen) atoms. The van der Waals surface area contributed by atoms with Crippen LogP contribution in [0.1, 0.15) is 64.5 Å². The second kappa shape index (κ2) is 10.8. The zero-order valence-corrected chi connectivity index (χ0v) is 26.6. The number of carbonyl (C=O) groups is 2. The molecule has 226 valence electrons. The second-order valence-corrected chi connectivity index (χ2v) is 14.2. The van der Waals surface area contributed by atoms with Gasteiger partial charge in [-0.2, -0.15) is 17.9 Å². The molecule has 2 heterocycles. The maximum absolute atomic E-state index is 13.6. The van der Waals surface area contributed by atoms with Crippen molar-refractivity contribution in [3.05, 3.63) is 87.5 Å². The average molecular weight is 621 g/mol. The minimum atomic E-state index is -4.42. The number of unbranched alkanes of at least 4 members (excludes halogenated alkanes) is 2. The highest BCUT2D eigenvalue weighted by atomic mass is 32.2. The number of nitrogens with zero attached hydrogens (tertiary/aromatic N) is 2. The molecule has 0 bridgehead atoms. The van der Waals surface area contributed by atoms with E-state index in [1.807, 2.05) is 50.1 Å². The molecule has 0 aromatic heterocycles. The monoisotopic (exact) mass is 620 g/mol. The number of benzene rings is 2. The molecule has 0 saturated carbocycles. The second-order valence-electron chi connectivity index (χ2n) is 12.4. The van der Waals surface area contributed by atoms with Crippen molar-refractivity contribution in [2.75, 3.05) is 18.5 Å². The fraction of sp³-hybridized carbons (Fsp3) is 0.364. The number of carbonyl (C=O) groups excluding carboxylic acids is 1. The molecule has 0 unspecified atom stereocenters. The van der Waals surface area contributed by atoms with Crippen molar-refractivity contribution in [3.63, 3.8) is 0 Å². The van der Waals surface area contributed by atoms with Crippen molar-refractivity contribution in [3.8, 4) is 0 Å². The molecule has 3 aliphatic rings. The molecule has 5 rings (SSSR count). The van der Waals surface area contributed by atoms with Crippen LogP contribution in [0, 0.1) is 0 Å². The number of rotatable bonds is 9. The van der Waals surface area contributed by atoms with Gasteiger partial charge in [0, 0.05) is 58.6 Å². The molecular formula is C33H36N2O6S2. The molecule has 0 spiro atoms. The maximum Gasteiger partial charge on any atom is 0.303 e. The predicted molar refractivity (Wildman–Crippen MR) is 169 cm³/mol. The van der Waals surface area contributed by atoms with Crippen molar-refractivity contribution < 1.29 is 32.2 Å². The Morgan fingerprint density at radius 2 is 1.70 bits per heavy atom. The van der Waals surface area contributed by atoms with Gasteiger partial charge in [0.05, 0.1) is 10.3 Å². The van der Waals surface area contributed by atoms with Crippen LogP contribution in [0.3, 0.4) is 0 Å². The number of ketones is 1. The summed E-state index contributed by atoms with van der Waals surface area (Å²) < 4.78 is 35.7. The van der Waals surface area contributed by atoms with E-state index >= 15 is 0 Å². The van der Waals surface area contributed by atoms with Gasteiger partial charge in [-0.3, -0.25) is 14.1 Å². The lowest BCUT2D eigenvalue weighted by Crippen LogP contribution is -2.31. The molecule has 0 saturated heterocycles. The Hall–Kier alpha value is -3.60. The van der Waals surface area contributed by atoms with Gasteiger partial charge in [0.1, 0.15) is 7.05 Å². The maximum atomic E-state index is 13.6. The molecule has 8 nitrogen and oxygen atoms in total. The van der Waals surface area contributed by atoms with Crippen LogP contribution in [0.5, 0.6) is 0 Å². The summed E-state index contributed by atoms with van der Waals surface area (Å²) in [7, 11) is -2.42. The number of para-hydroxylation sites is 1. The van der Waals surface area contributed by atoms with E-state index in [1.165, 1.54) is 17.7 Å². The number of anilines is 1. The van der Waals surface area contributed by atoms with E-state index in [0.717, 1.165) is 22.8 Å². The van der Waals surface area contributed by atoms with Crippen molar-refractivity contribution >= 4 is 51.6 Å². The molecule has 0 fully saturated rings. The molecular weight excluding hydrogens is 585 g/mol. The molecule has 10 heteroatoms. The van der Waals surface area contributed by atoms with Gasteiger partial charge in [-0.05, 0) is 56.5 Å². The van der Waals surface area contributed by atoms with Gasteiger partial charge in [-0.15, -0.1) is 0 Å². The van der Waals surface area contributed by atoms with Gasteiger partial charge in [0.2, 0.25) is 5.69 Å². The van der Waals surface area contributed by atoms with Crippen LogP contribution < -0.4 is 4.90 Å².